The first kappa shape index (κ1) is 18.5. The molecule has 4 rings (SSSR count). The topological polar surface area (TPSA) is 92.4 Å². The molecule has 0 fully saturated rings. The summed E-state index contributed by atoms with van der Waals surface area (Å²) in [6.07, 6.45) is 1.41. The molecule has 4 aromatic rings. The van der Waals surface area contributed by atoms with Gasteiger partial charge in [0.05, 0.1) is 32.4 Å². The van der Waals surface area contributed by atoms with Crippen LogP contribution in [0.15, 0.2) is 54.9 Å². The highest BCUT2D eigenvalue weighted by Gasteiger charge is 2.17. The lowest BCUT2D eigenvalue weighted by Gasteiger charge is -2.14. The first-order valence-corrected chi connectivity index (χ1v) is 8.92. The zero-order valence-corrected chi connectivity index (χ0v) is 16.3. The van der Waals surface area contributed by atoms with Crippen molar-refractivity contribution in [2.24, 2.45) is 0 Å². The van der Waals surface area contributed by atoms with E-state index in [9.17, 15) is 0 Å². The van der Waals surface area contributed by atoms with Crippen LogP contribution >= 0.6 is 0 Å². The van der Waals surface area contributed by atoms with Crippen LogP contribution < -0.4 is 19.9 Å². The van der Waals surface area contributed by atoms with Gasteiger partial charge in [0.2, 0.25) is 0 Å². The second-order valence-corrected chi connectivity index (χ2v) is 6.31. The van der Waals surface area contributed by atoms with Crippen molar-refractivity contribution >= 4 is 16.9 Å². The third-order valence-electron chi connectivity index (χ3n) is 4.72. The highest BCUT2D eigenvalue weighted by atomic mass is 16.5. The molecule has 2 heterocycles. The molecule has 0 aliphatic heterocycles. The van der Waals surface area contributed by atoms with Gasteiger partial charge in [0.25, 0.3) is 0 Å². The Bertz CT molecular complexity index is 1180. The smallest absolute Gasteiger partial charge is 0.165 e. The minimum absolute atomic E-state index is 0.358. The molecule has 7 heteroatoms. The second-order valence-electron chi connectivity index (χ2n) is 6.31. The van der Waals surface area contributed by atoms with E-state index in [1.165, 1.54) is 6.33 Å². The van der Waals surface area contributed by atoms with Gasteiger partial charge in [-0.15, -0.1) is 0 Å². The van der Waals surface area contributed by atoms with Crippen LogP contribution in [0, 0.1) is 0 Å². The Morgan fingerprint density at radius 2 is 1.48 bits per heavy atom. The summed E-state index contributed by atoms with van der Waals surface area (Å²) in [6, 6.07) is 15.3. The molecule has 2 N–H and O–H groups in total. The molecule has 0 saturated carbocycles. The minimum atomic E-state index is 0.358. The maximum absolute atomic E-state index is 6.20. The summed E-state index contributed by atoms with van der Waals surface area (Å²) in [5.41, 5.74) is 10.1. The van der Waals surface area contributed by atoms with Crippen LogP contribution in [0.2, 0.25) is 0 Å². The predicted molar refractivity (Wildman–Crippen MR) is 112 cm³/mol. The molecule has 0 atom stereocenters. The molecule has 0 radical (unpaired) electrons. The highest BCUT2D eigenvalue weighted by molar-refractivity contribution is 6.02. The molecule has 0 unspecified atom stereocenters. The second kappa shape index (κ2) is 7.63. The van der Waals surface area contributed by atoms with E-state index in [4.69, 9.17) is 24.9 Å². The lowest BCUT2D eigenvalue weighted by Crippen LogP contribution is -2.00. The van der Waals surface area contributed by atoms with Crippen molar-refractivity contribution in [2.75, 3.05) is 27.1 Å². The van der Waals surface area contributed by atoms with Crippen LogP contribution in [0.4, 0.5) is 5.82 Å². The summed E-state index contributed by atoms with van der Waals surface area (Å²) in [5.74, 6) is 2.49. The zero-order chi connectivity index (χ0) is 20.4. The van der Waals surface area contributed by atoms with Crippen LogP contribution in [0.3, 0.4) is 0 Å². The number of nitrogen functional groups attached to an aromatic ring is 1. The summed E-state index contributed by atoms with van der Waals surface area (Å²) in [7, 11) is 4.87. The third-order valence-corrected chi connectivity index (χ3v) is 4.72. The number of rotatable bonds is 5. The lowest BCUT2D eigenvalue weighted by molar-refractivity contribution is 0.395. The number of pyridine rings is 1. The van der Waals surface area contributed by atoms with Crippen molar-refractivity contribution in [1.29, 1.82) is 0 Å². The third kappa shape index (κ3) is 3.38. The summed E-state index contributed by atoms with van der Waals surface area (Å²) in [5, 5.41) is 0.674. The van der Waals surface area contributed by atoms with E-state index in [1.54, 1.807) is 21.3 Å². The Balaban J connectivity index is 1.99. The van der Waals surface area contributed by atoms with E-state index in [1.807, 2.05) is 48.5 Å². The van der Waals surface area contributed by atoms with Gasteiger partial charge < -0.3 is 19.9 Å². The van der Waals surface area contributed by atoms with Crippen molar-refractivity contribution in [2.45, 2.75) is 0 Å². The predicted octanol–water partition coefficient (Wildman–Crippen LogP) is 3.97. The zero-order valence-electron chi connectivity index (χ0n) is 16.3. The van der Waals surface area contributed by atoms with Crippen LogP contribution in [-0.4, -0.2) is 36.3 Å². The van der Waals surface area contributed by atoms with Gasteiger partial charge in [-0.05, 0) is 42.5 Å². The van der Waals surface area contributed by atoms with Crippen molar-refractivity contribution in [1.82, 2.24) is 15.0 Å². The van der Waals surface area contributed by atoms with Crippen LogP contribution in [0.5, 0.6) is 17.2 Å². The number of benzene rings is 2. The average Bonchev–Trinajstić information content (AvgIpc) is 2.78. The van der Waals surface area contributed by atoms with E-state index < -0.39 is 0 Å². The van der Waals surface area contributed by atoms with E-state index in [-0.39, 0.29) is 0 Å². The fourth-order valence-electron chi connectivity index (χ4n) is 3.23. The number of aromatic nitrogens is 3. The Kier molecular flexibility index (Phi) is 4.87. The van der Waals surface area contributed by atoms with Crippen LogP contribution in [0.25, 0.3) is 33.4 Å². The Hall–Kier alpha value is -3.87. The first-order valence-electron chi connectivity index (χ1n) is 8.92. The molecule has 0 spiro atoms. The molecule has 0 saturated heterocycles. The van der Waals surface area contributed by atoms with Crippen LogP contribution in [0.1, 0.15) is 0 Å². The van der Waals surface area contributed by atoms with Gasteiger partial charge in [-0.1, -0.05) is 0 Å². The molecule has 7 nitrogen and oxygen atoms in total. The highest BCUT2D eigenvalue weighted by Crippen LogP contribution is 2.39. The molecule has 2 aromatic carbocycles. The van der Waals surface area contributed by atoms with Gasteiger partial charge in [0.1, 0.15) is 29.4 Å². The quantitative estimate of drug-likeness (QED) is 0.553. The molecule has 29 heavy (non-hydrogen) atoms. The van der Waals surface area contributed by atoms with E-state index in [0.717, 1.165) is 28.1 Å². The monoisotopic (exact) mass is 388 g/mol. The van der Waals surface area contributed by atoms with Gasteiger partial charge in [-0.25, -0.2) is 15.0 Å². The average molecular weight is 388 g/mol. The summed E-state index contributed by atoms with van der Waals surface area (Å²) >= 11 is 0. The van der Waals surface area contributed by atoms with Crippen LogP contribution in [-0.2, 0) is 0 Å². The van der Waals surface area contributed by atoms with Crippen molar-refractivity contribution in [3.63, 3.8) is 0 Å². The van der Waals surface area contributed by atoms with E-state index in [0.29, 0.717) is 28.4 Å². The molecule has 146 valence electrons. The number of anilines is 1. The number of hydrogen-bond acceptors (Lipinski definition) is 7. The normalized spacial score (nSPS) is 10.7. The summed E-state index contributed by atoms with van der Waals surface area (Å²) in [6.45, 7) is 0. The van der Waals surface area contributed by atoms with Gasteiger partial charge in [0, 0.05) is 22.8 Å². The number of ether oxygens (including phenoxy) is 3. The number of methoxy groups -OCH3 is 3. The molecule has 0 aliphatic rings. The van der Waals surface area contributed by atoms with Gasteiger partial charge in [0.15, 0.2) is 5.65 Å². The molecule has 0 aliphatic carbocycles. The fourth-order valence-corrected chi connectivity index (χ4v) is 3.23. The lowest BCUT2D eigenvalue weighted by atomic mass is 9.98. The Morgan fingerprint density at radius 3 is 2.17 bits per heavy atom. The number of hydrogen-bond donors (Lipinski definition) is 1. The van der Waals surface area contributed by atoms with Crippen molar-refractivity contribution in [3.05, 3.63) is 54.9 Å². The molecule has 2 aromatic heterocycles. The minimum Gasteiger partial charge on any atom is -0.497 e. The van der Waals surface area contributed by atoms with Gasteiger partial charge in [-0.3, -0.25) is 0 Å². The van der Waals surface area contributed by atoms with Crippen molar-refractivity contribution in [3.8, 4) is 39.6 Å². The van der Waals surface area contributed by atoms with Crippen molar-refractivity contribution < 1.29 is 14.2 Å². The van der Waals surface area contributed by atoms with Gasteiger partial charge >= 0.3 is 0 Å². The first-order chi connectivity index (χ1) is 14.1. The molecule has 0 amide bonds. The Morgan fingerprint density at radius 1 is 0.759 bits per heavy atom. The SMILES string of the molecule is COc1ccc(-c2cc(-c3ccc(OC)cc3OC)c3c(N)ncnc3n2)cc1. The number of nitrogens with two attached hydrogens (primary N) is 1. The van der Waals surface area contributed by atoms with E-state index >= 15 is 0 Å². The maximum Gasteiger partial charge on any atom is 0.165 e. The number of fused-ring (bicyclic) bond motifs is 1. The largest absolute Gasteiger partial charge is 0.497 e. The van der Waals surface area contributed by atoms with E-state index in [2.05, 4.69) is 9.97 Å². The van der Waals surface area contributed by atoms with Gasteiger partial charge in [-0.2, -0.15) is 0 Å². The summed E-state index contributed by atoms with van der Waals surface area (Å²) in [4.78, 5) is 13.2. The molecular formula is C22H20N4O3. The Labute approximate surface area is 168 Å². The molecule has 0 bridgehead atoms. The summed E-state index contributed by atoms with van der Waals surface area (Å²) < 4.78 is 16.2. The standard InChI is InChI=1S/C22H20N4O3/c1-27-14-6-4-13(5-7-14)18-11-17(20-21(23)24-12-25-22(20)26-18)16-9-8-15(28-2)10-19(16)29-3/h4-12H,1-3H3,(H2,23,24,25,26). The maximum atomic E-state index is 6.20. The molecular weight excluding hydrogens is 368 g/mol. The number of nitrogens with zero attached hydrogens (tertiary/aromatic N) is 3. The fraction of sp³-hybridized carbons (Fsp3) is 0.136.